The van der Waals surface area contributed by atoms with Crippen molar-refractivity contribution in [3.05, 3.63) is 36.4 Å². The van der Waals surface area contributed by atoms with Crippen molar-refractivity contribution in [3.8, 4) is 0 Å². The Bertz CT molecular complexity index is 790. The van der Waals surface area contributed by atoms with Gasteiger partial charge in [0.1, 0.15) is 5.82 Å². The van der Waals surface area contributed by atoms with Crippen molar-refractivity contribution in [1.29, 1.82) is 0 Å². The van der Waals surface area contributed by atoms with Crippen molar-refractivity contribution in [2.45, 2.75) is 0 Å². The van der Waals surface area contributed by atoms with Gasteiger partial charge in [-0.1, -0.05) is 0 Å². The Morgan fingerprint density at radius 2 is 2.20 bits per heavy atom. The van der Waals surface area contributed by atoms with Crippen LogP contribution in [-0.4, -0.2) is 42.5 Å². The predicted molar refractivity (Wildman–Crippen MR) is 71.2 cm³/mol. The van der Waals surface area contributed by atoms with Gasteiger partial charge in [-0.25, -0.2) is 9.78 Å². The summed E-state index contributed by atoms with van der Waals surface area (Å²) in [5.74, 6) is -0.472. The van der Waals surface area contributed by atoms with Crippen LogP contribution in [0.15, 0.2) is 30.7 Å². The molecule has 0 saturated heterocycles. The molecule has 0 spiro atoms. The number of hydrogen-bond donors (Lipinski definition) is 1. The SMILES string of the molecule is CN(c1cnn(C)c1)c1cc(C(=O)O)nc2ccnn12. The van der Waals surface area contributed by atoms with E-state index in [0.29, 0.717) is 11.5 Å². The van der Waals surface area contributed by atoms with Gasteiger partial charge in [0, 0.05) is 32.4 Å². The molecule has 0 aliphatic carbocycles. The molecule has 0 amide bonds. The first-order valence-electron chi connectivity index (χ1n) is 5.87. The van der Waals surface area contributed by atoms with Crippen molar-refractivity contribution < 1.29 is 9.90 Å². The first kappa shape index (κ1) is 12.2. The van der Waals surface area contributed by atoms with E-state index < -0.39 is 5.97 Å². The number of aromatic nitrogens is 5. The van der Waals surface area contributed by atoms with Crippen LogP contribution in [-0.2, 0) is 7.05 Å². The summed E-state index contributed by atoms with van der Waals surface area (Å²) in [7, 11) is 3.63. The first-order valence-corrected chi connectivity index (χ1v) is 5.87. The summed E-state index contributed by atoms with van der Waals surface area (Å²) in [6.45, 7) is 0. The summed E-state index contributed by atoms with van der Waals surface area (Å²) in [5.41, 5.74) is 1.28. The van der Waals surface area contributed by atoms with Gasteiger partial charge in [0.15, 0.2) is 11.3 Å². The van der Waals surface area contributed by atoms with Crippen LogP contribution in [0.4, 0.5) is 11.5 Å². The molecule has 3 aromatic rings. The zero-order valence-corrected chi connectivity index (χ0v) is 10.9. The number of aryl methyl sites for hydroxylation is 1. The average molecular weight is 272 g/mol. The van der Waals surface area contributed by atoms with Gasteiger partial charge in [-0.15, -0.1) is 0 Å². The van der Waals surface area contributed by atoms with Crippen molar-refractivity contribution in [3.63, 3.8) is 0 Å². The molecule has 0 fully saturated rings. The Labute approximate surface area is 113 Å². The molecule has 3 aromatic heterocycles. The van der Waals surface area contributed by atoms with Gasteiger partial charge >= 0.3 is 5.97 Å². The summed E-state index contributed by atoms with van der Waals surface area (Å²) < 4.78 is 3.25. The fourth-order valence-corrected chi connectivity index (χ4v) is 1.96. The number of anilines is 2. The van der Waals surface area contributed by atoms with Crippen LogP contribution in [0, 0.1) is 0 Å². The lowest BCUT2D eigenvalue weighted by atomic mass is 10.3. The van der Waals surface area contributed by atoms with E-state index in [-0.39, 0.29) is 5.69 Å². The summed E-state index contributed by atoms with van der Waals surface area (Å²) >= 11 is 0. The maximum absolute atomic E-state index is 11.2. The predicted octanol–water partition coefficient (Wildman–Crippen LogP) is 0.929. The number of rotatable bonds is 3. The zero-order chi connectivity index (χ0) is 14.3. The van der Waals surface area contributed by atoms with E-state index in [9.17, 15) is 4.79 Å². The van der Waals surface area contributed by atoms with Crippen molar-refractivity contribution in [2.75, 3.05) is 11.9 Å². The molecule has 0 atom stereocenters. The highest BCUT2D eigenvalue weighted by Crippen LogP contribution is 2.23. The monoisotopic (exact) mass is 272 g/mol. The fourth-order valence-electron chi connectivity index (χ4n) is 1.96. The molecule has 8 heteroatoms. The Kier molecular flexibility index (Phi) is 2.63. The van der Waals surface area contributed by atoms with E-state index >= 15 is 0 Å². The van der Waals surface area contributed by atoms with Gasteiger partial charge in [0.25, 0.3) is 0 Å². The summed E-state index contributed by atoms with van der Waals surface area (Å²) in [4.78, 5) is 17.0. The lowest BCUT2D eigenvalue weighted by molar-refractivity contribution is 0.0690. The highest BCUT2D eigenvalue weighted by molar-refractivity contribution is 5.87. The Morgan fingerprint density at radius 3 is 2.85 bits per heavy atom. The maximum atomic E-state index is 11.2. The van der Waals surface area contributed by atoms with Crippen molar-refractivity contribution >= 4 is 23.1 Å². The largest absolute Gasteiger partial charge is 0.477 e. The third-order valence-corrected chi connectivity index (χ3v) is 2.98. The lowest BCUT2D eigenvalue weighted by Crippen LogP contribution is -2.16. The standard InChI is InChI=1S/C12H12N6O2/c1-16-7-8(6-14-16)17(2)11-5-9(12(19)20)15-10-3-4-13-18(10)11/h3-7H,1-2H3,(H,19,20). The van der Waals surface area contributed by atoms with Crippen molar-refractivity contribution in [2.24, 2.45) is 7.05 Å². The van der Waals surface area contributed by atoms with Crippen LogP contribution in [0.1, 0.15) is 10.5 Å². The van der Waals surface area contributed by atoms with Crippen LogP contribution in [0.3, 0.4) is 0 Å². The second-order valence-corrected chi connectivity index (χ2v) is 4.34. The summed E-state index contributed by atoms with van der Waals surface area (Å²) in [5, 5.41) is 17.4. The molecule has 0 aliphatic rings. The average Bonchev–Trinajstić information content (AvgIpc) is 3.04. The van der Waals surface area contributed by atoms with Gasteiger partial charge in [-0.2, -0.15) is 14.7 Å². The van der Waals surface area contributed by atoms with E-state index in [0.717, 1.165) is 5.69 Å². The molecule has 0 aliphatic heterocycles. The molecule has 0 unspecified atom stereocenters. The highest BCUT2D eigenvalue weighted by Gasteiger charge is 2.16. The molecule has 1 N–H and O–H groups in total. The van der Waals surface area contributed by atoms with Gasteiger partial charge in [-0.3, -0.25) is 4.68 Å². The summed E-state index contributed by atoms with van der Waals surface area (Å²) in [6.07, 6.45) is 5.10. The van der Waals surface area contributed by atoms with Crippen LogP contribution < -0.4 is 4.90 Å². The minimum atomic E-state index is -1.07. The van der Waals surface area contributed by atoms with Gasteiger partial charge in [-0.05, 0) is 0 Å². The molecule has 3 rings (SSSR count). The Hall–Kier alpha value is -2.90. The van der Waals surface area contributed by atoms with Gasteiger partial charge in [0.2, 0.25) is 0 Å². The number of nitrogens with zero attached hydrogens (tertiary/aromatic N) is 6. The fraction of sp³-hybridized carbons (Fsp3) is 0.167. The number of carboxylic acid groups (broad SMARTS) is 1. The Morgan fingerprint density at radius 1 is 1.40 bits per heavy atom. The maximum Gasteiger partial charge on any atom is 0.354 e. The quantitative estimate of drug-likeness (QED) is 0.763. The number of carbonyl (C=O) groups is 1. The number of fused-ring (bicyclic) bond motifs is 1. The topological polar surface area (TPSA) is 88.5 Å². The van der Waals surface area contributed by atoms with E-state index in [1.54, 1.807) is 32.6 Å². The number of aromatic carboxylic acids is 1. The van der Waals surface area contributed by atoms with Crippen LogP contribution in [0.2, 0.25) is 0 Å². The van der Waals surface area contributed by atoms with Crippen LogP contribution in [0.25, 0.3) is 5.65 Å². The third-order valence-electron chi connectivity index (χ3n) is 2.98. The van der Waals surface area contributed by atoms with E-state index in [4.69, 9.17) is 5.11 Å². The highest BCUT2D eigenvalue weighted by atomic mass is 16.4. The normalized spacial score (nSPS) is 10.9. The summed E-state index contributed by atoms with van der Waals surface area (Å²) in [6, 6.07) is 3.14. The minimum absolute atomic E-state index is 0.0243. The molecule has 0 bridgehead atoms. The minimum Gasteiger partial charge on any atom is -0.477 e. The molecule has 0 radical (unpaired) electrons. The van der Waals surface area contributed by atoms with Gasteiger partial charge < -0.3 is 10.0 Å². The lowest BCUT2D eigenvalue weighted by Gasteiger charge is -2.18. The second-order valence-electron chi connectivity index (χ2n) is 4.34. The van der Waals surface area contributed by atoms with Crippen LogP contribution >= 0.6 is 0 Å². The first-order chi connectivity index (χ1) is 9.56. The van der Waals surface area contributed by atoms with E-state index in [2.05, 4.69) is 15.2 Å². The molecule has 0 aromatic carbocycles. The molecule has 3 heterocycles. The second kappa shape index (κ2) is 4.34. The third kappa shape index (κ3) is 1.87. The van der Waals surface area contributed by atoms with E-state index in [1.165, 1.54) is 6.07 Å². The molecule has 8 nitrogen and oxygen atoms in total. The van der Waals surface area contributed by atoms with Gasteiger partial charge in [0.05, 0.1) is 18.1 Å². The Balaban J connectivity index is 2.18. The number of carboxylic acids is 1. The molecule has 20 heavy (non-hydrogen) atoms. The number of hydrogen-bond acceptors (Lipinski definition) is 5. The van der Waals surface area contributed by atoms with Crippen molar-refractivity contribution in [1.82, 2.24) is 24.4 Å². The van der Waals surface area contributed by atoms with Crippen LogP contribution in [0.5, 0.6) is 0 Å². The van der Waals surface area contributed by atoms with E-state index in [1.807, 2.05) is 20.3 Å². The molecular weight excluding hydrogens is 260 g/mol. The molecule has 0 saturated carbocycles. The smallest absolute Gasteiger partial charge is 0.354 e. The molecule has 102 valence electrons. The molecular formula is C12H12N6O2. The zero-order valence-electron chi connectivity index (χ0n) is 10.9.